The van der Waals surface area contributed by atoms with Crippen molar-refractivity contribution in [2.45, 2.75) is 77.4 Å². The van der Waals surface area contributed by atoms with Crippen molar-refractivity contribution >= 4 is 5.97 Å². The highest BCUT2D eigenvalue weighted by Gasteiger charge is 2.87. The average Bonchev–Trinajstić information content (AvgIpc) is 3.05. The summed E-state index contributed by atoms with van der Waals surface area (Å²) < 4.78 is 12.6. The average molecular weight is 414 g/mol. The van der Waals surface area contributed by atoms with Gasteiger partial charge in [0.2, 0.25) is 0 Å². The van der Waals surface area contributed by atoms with E-state index in [-0.39, 0.29) is 40.5 Å². The first kappa shape index (κ1) is 18.6. The van der Waals surface area contributed by atoms with E-state index in [2.05, 4.69) is 25.3 Å². The molecule has 5 aliphatic carbocycles. The number of ether oxygens (including phenoxy) is 2. The minimum absolute atomic E-state index is 0.0737. The molecular formula is C25H35NO4. The summed E-state index contributed by atoms with van der Waals surface area (Å²) in [6.45, 7) is 12.5. The third-order valence-corrected chi connectivity index (χ3v) is 11.7. The Hall–Kier alpha value is -0.910. The van der Waals surface area contributed by atoms with Gasteiger partial charge in [0, 0.05) is 29.7 Å². The maximum atomic E-state index is 12.0. The van der Waals surface area contributed by atoms with Crippen molar-refractivity contribution < 1.29 is 19.4 Å². The molecule has 12 atom stereocenters. The normalized spacial score (nSPS) is 62.0. The molecule has 0 radical (unpaired) electrons. The summed E-state index contributed by atoms with van der Waals surface area (Å²) in [4.78, 5) is 14.7. The van der Waals surface area contributed by atoms with Crippen LogP contribution in [-0.2, 0) is 14.3 Å². The highest BCUT2D eigenvalue weighted by molar-refractivity contribution is 5.66. The van der Waals surface area contributed by atoms with Crippen molar-refractivity contribution in [3.63, 3.8) is 0 Å². The van der Waals surface area contributed by atoms with E-state index in [0.29, 0.717) is 29.7 Å². The highest BCUT2D eigenvalue weighted by Crippen LogP contribution is 2.86. The van der Waals surface area contributed by atoms with E-state index in [1.807, 2.05) is 0 Å². The lowest BCUT2D eigenvalue weighted by molar-refractivity contribution is -0.224. The second kappa shape index (κ2) is 5.35. The van der Waals surface area contributed by atoms with Crippen LogP contribution in [0.15, 0.2) is 12.2 Å². The molecule has 0 aromatic rings. The van der Waals surface area contributed by atoms with Gasteiger partial charge in [-0.25, -0.2) is 0 Å². The quantitative estimate of drug-likeness (QED) is 0.557. The van der Waals surface area contributed by atoms with Crippen molar-refractivity contribution in [2.75, 3.05) is 13.2 Å². The molecule has 5 heteroatoms. The van der Waals surface area contributed by atoms with Gasteiger partial charge in [-0.1, -0.05) is 20.4 Å². The van der Waals surface area contributed by atoms with Crippen LogP contribution in [0.3, 0.4) is 0 Å². The summed E-state index contributed by atoms with van der Waals surface area (Å²) in [6.07, 6.45) is 5.24. The van der Waals surface area contributed by atoms with Crippen LogP contribution < -0.4 is 0 Å². The zero-order chi connectivity index (χ0) is 20.8. The number of nitrogens with zero attached hydrogens (tertiary/aromatic N) is 1. The van der Waals surface area contributed by atoms with Crippen LogP contribution in [0.5, 0.6) is 0 Å². The number of carbonyl (C=O) groups is 1. The Bertz CT molecular complexity index is 858. The van der Waals surface area contributed by atoms with Gasteiger partial charge in [0.15, 0.2) is 0 Å². The van der Waals surface area contributed by atoms with E-state index in [0.717, 1.165) is 31.6 Å². The number of aliphatic hydroxyl groups is 1. The number of esters is 1. The summed E-state index contributed by atoms with van der Waals surface area (Å²) in [7, 11) is 0. The van der Waals surface area contributed by atoms with Gasteiger partial charge < -0.3 is 14.6 Å². The van der Waals surface area contributed by atoms with E-state index in [9.17, 15) is 9.90 Å². The summed E-state index contributed by atoms with van der Waals surface area (Å²) in [5.41, 5.74) is 1.25. The minimum atomic E-state index is -0.453. The van der Waals surface area contributed by atoms with Gasteiger partial charge in [-0.2, -0.15) is 0 Å². The van der Waals surface area contributed by atoms with Gasteiger partial charge in [0.25, 0.3) is 0 Å². The second-order valence-electron chi connectivity index (χ2n) is 11.9. The molecule has 4 saturated heterocycles. The summed E-state index contributed by atoms with van der Waals surface area (Å²) in [6, 6.07) is 0.501. The molecule has 4 aliphatic heterocycles. The monoisotopic (exact) mass is 413 g/mol. The zero-order valence-corrected chi connectivity index (χ0v) is 18.5. The van der Waals surface area contributed by atoms with Crippen LogP contribution in [0.1, 0.15) is 52.9 Å². The Morgan fingerprint density at radius 3 is 2.90 bits per heavy atom. The van der Waals surface area contributed by atoms with Crippen LogP contribution in [-0.4, -0.2) is 53.6 Å². The first-order valence-corrected chi connectivity index (χ1v) is 12.2. The van der Waals surface area contributed by atoms with Crippen LogP contribution in [0.4, 0.5) is 0 Å². The lowest BCUT2D eigenvalue weighted by Gasteiger charge is -2.65. The summed E-state index contributed by atoms with van der Waals surface area (Å²) in [5, 5.41) is 11.7. The maximum Gasteiger partial charge on any atom is 0.302 e. The molecule has 4 heterocycles. The number of piperidine rings is 1. The maximum absolute atomic E-state index is 12.0. The number of aliphatic hydroxyl groups excluding tert-OH is 1. The lowest BCUT2D eigenvalue weighted by atomic mass is 9.41. The predicted octanol–water partition coefficient (Wildman–Crippen LogP) is 2.97. The van der Waals surface area contributed by atoms with Crippen molar-refractivity contribution in [3.05, 3.63) is 12.2 Å². The smallest absolute Gasteiger partial charge is 0.302 e. The second-order valence-corrected chi connectivity index (χ2v) is 11.9. The largest absolute Gasteiger partial charge is 0.462 e. The number of rotatable bonds is 2. The van der Waals surface area contributed by atoms with E-state index in [1.165, 1.54) is 26.2 Å². The molecule has 1 N–H and O–H groups in total. The SMILES string of the molecule is C=C1[C@H]2C[C@@]3([C@@H]1O)[C@@H](C[C@@H]2OC(C)=O)[C@]12[C@@H]4CC[C@]5(C)[C@H]1C[C@H]3[C@H]2N(CC)[C@@H]5OC4. The number of hydrogen-bond acceptors (Lipinski definition) is 5. The van der Waals surface area contributed by atoms with Gasteiger partial charge in [0.1, 0.15) is 12.3 Å². The molecule has 0 aromatic carbocycles. The Kier molecular flexibility index (Phi) is 3.32. The molecule has 9 aliphatic rings. The molecule has 0 amide bonds. The molecular weight excluding hydrogens is 378 g/mol. The first-order chi connectivity index (χ1) is 14.3. The van der Waals surface area contributed by atoms with Crippen molar-refractivity contribution in [1.82, 2.24) is 4.90 Å². The Balaban J connectivity index is 1.46. The molecule has 9 rings (SSSR count). The fourth-order valence-corrected chi connectivity index (χ4v) is 11.2. The van der Waals surface area contributed by atoms with Gasteiger partial charge in [0.05, 0.1) is 12.7 Å². The fourth-order valence-electron chi connectivity index (χ4n) is 11.2. The zero-order valence-electron chi connectivity index (χ0n) is 18.5. The van der Waals surface area contributed by atoms with Gasteiger partial charge in [-0.3, -0.25) is 9.69 Å². The van der Waals surface area contributed by atoms with Crippen LogP contribution >= 0.6 is 0 Å². The van der Waals surface area contributed by atoms with E-state index in [1.54, 1.807) is 0 Å². The first-order valence-electron chi connectivity index (χ1n) is 12.2. The molecule has 5 nitrogen and oxygen atoms in total. The number of carbonyl (C=O) groups excluding carboxylic acids is 1. The predicted molar refractivity (Wildman–Crippen MR) is 110 cm³/mol. The Morgan fingerprint density at radius 1 is 1.37 bits per heavy atom. The molecule has 2 spiro atoms. The Labute approximate surface area is 179 Å². The minimum Gasteiger partial charge on any atom is -0.462 e. The lowest BCUT2D eigenvalue weighted by Crippen LogP contribution is -2.68. The van der Waals surface area contributed by atoms with E-state index < -0.39 is 6.10 Å². The van der Waals surface area contributed by atoms with Crippen molar-refractivity contribution in [3.8, 4) is 0 Å². The molecule has 164 valence electrons. The van der Waals surface area contributed by atoms with E-state index in [4.69, 9.17) is 9.47 Å². The molecule has 9 fully saturated rings. The van der Waals surface area contributed by atoms with Crippen molar-refractivity contribution in [2.24, 2.45) is 45.8 Å². The highest BCUT2D eigenvalue weighted by atomic mass is 16.5. The number of hydrogen-bond donors (Lipinski definition) is 1. The van der Waals surface area contributed by atoms with Crippen molar-refractivity contribution in [1.29, 1.82) is 0 Å². The molecule has 0 unspecified atom stereocenters. The summed E-state index contributed by atoms with van der Waals surface area (Å²) in [5.74, 6) is 2.06. The van der Waals surface area contributed by atoms with Crippen LogP contribution in [0.2, 0.25) is 0 Å². The third-order valence-electron chi connectivity index (χ3n) is 11.7. The third kappa shape index (κ3) is 1.61. The topological polar surface area (TPSA) is 59.0 Å². The number of fused-ring (bicyclic) bond motifs is 2. The van der Waals surface area contributed by atoms with Gasteiger partial charge >= 0.3 is 5.97 Å². The summed E-state index contributed by atoms with van der Waals surface area (Å²) >= 11 is 0. The van der Waals surface area contributed by atoms with E-state index >= 15 is 0 Å². The molecule has 30 heavy (non-hydrogen) atoms. The van der Waals surface area contributed by atoms with Crippen LogP contribution in [0.25, 0.3) is 0 Å². The standard InChI is InChI=1S/C25H35NO4/c1-5-26-20-16-8-18-23(4)7-6-14(11-29-22(23)26)25(18,20)19-9-17(30-13(3)27)15-10-24(16,19)21(28)12(15)2/h14-22,28H,2,5-11H2,1,3-4H3/t14-,15-,16+,17+,18-,19-,20-,21-,22-,23-,24+,25+/m1/s1. The van der Waals surface area contributed by atoms with Crippen LogP contribution in [0, 0.1) is 45.8 Å². The fraction of sp³-hybridized carbons (Fsp3) is 0.880. The molecule has 0 aromatic heterocycles. The molecule has 5 saturated carbocycles. The Morgan fingerprint density at radius 2 is 2.17 bits per heavy atom. The molecule has 9 bridgehead atoms. The van der Waals surface area contributed by atoms with Gasteiger partial charge in [-0.05, 0) is 73.3 Å². The van der Waals surface area contributed by atoms with Gasteiger partial charge in [-0.15, -0.1) is 0 Å².